The van der Waals surface area contributed by atoms with Gasteiger partial charge in [0, 0.05) is 6.07 Å². The Morgan fingerprint density at radius 1 is 1.43 bits per heavy atom. The molecule has 0 bridgehead atoms. The van der Waals surface area contributed by atoms with Crippen molar-refractivity contribution in [2.24, 2.45) is 0 Å². The van der Waals surface area contributed by atoms with Crippen molar-refractivity contribution in [2.45, 2.75) is 44.0 Å². The molecule has 2 N–H and O–H groups in total. The lowest BCUT2D eigenvalue weighted by Gasteiger charge is -2.14. The summed E-state index contributed by atoms with van der Waals surface area (Å²) < 4.78 is 31.6. The number of nitrogens with zero attached hydrogens (tertiary/aromatic N) is 1. The molecule has 8 heteroatoms. The molecule has 0 aliphatic carbocycles. The average molecular weight is 316 g/mol. The highest BCUT2D eigenvalue weighted by Gasteiger charge is 2.25. The van der Waals surface area contributed by atoms with Crippen molar-refractivity contribution in [3.8, 4) is 5.88 Å². The summed E-state index contributed by atoms with van der Waals surface area (Å²) in [5.41, 5.74) is 0. The molecule has 0 saturated heterocycles. The van der Waals surface area contributed by atoms with E-state index in [2.05, 4.69) is 9.71 Å². The van der Waals surface area contributed by atoms with Gasteiger partial charge in [0.1, 0.15) is 10.9 Å². The van der Waals surface area contributed by atoms with E-state index in [1.165, 1.54) is 12.1 Å². The van der Waals surface area contributed by atoms with Crippen molar-refractivity contribution in [2.75, 3.05) is 6.61 Å². The van der Waals surface area contributed by atoms with Gasteiger partial charge in [-0.05, 0) is 19.4 Å². The Morgan fingerprint density at radius 2 is 2.14 bits per heavy atom. The number of hydrogen-bond donors (Lipinski definition) is 2. The van der Waals surface area contributed by atoms with Crippen LogP contribution in [-0.4, -0.2) is 37.1 Å². The summed E-state index contributed by atoms with van der Waals surface area (Å²) >= 11 is 0. The largest absolute Gasteiger partial charge is 0.480 e. The number of nitrogens with one attached hydrogen (secondary N) is 1. The maximum Gasteiger partial charge on any atom is 0.321 e. The minimum Gasteiger partial charge on any atom is -0.480 e. The third-order valence-electron chi connectivity index (χ3n) is 2.75. The van der Waals surface area contributed by atoms with Crippen LogP contribution >= 0.6 is 0 Å². The van der Waals surface area contributed by atoms with E-state index < -0.39 is 22.0 Å². The van der Waals surface area contributed by atoms with Gasteiger partial charge >= 0.3 is 5.97 Å². The van der Waals surface area contributed by atoms with Gasteiger partial charge in [-0.3, -0.25) is 4.79 Å². The molecule has 1 rings (SSSR count). The summed E-state index contributed by atoms with van der Waals surface area (Å²) in [6.45, 7) is 4.12. The highest BCUT2D eigenvalue weighted by Crippen LogP contribution is 2.13. The molecule has 0 fully saturated rings. The van der Waals surface area contributed by atoms with Gasteiger partial charge in [-0.1, -0.05) is 19.8 Å². The Balaban J connectivity index is 2.85. The number of carboxylic acid groups (broad SMARTS) is 1. The highest BCUT2D eigenvalue weighted by atomic mass is 32.2. The van der Waals surface area contributed by atoms with E-state index in [4.69, 9.17) is 9.84 Å². The van der Waals surface area contributed by atoms with Crippen LogP contribution in [0, 0.1) is 0 Å². The van der Waals surface area contributed by atoms with Crippen molar-refractivity contribution in [1.29, 1.82) is 0 Å². The number of aliphatic carboxylic acids is 1. The van der Waals surface area contributed by atoms with Gasteiger partial charge in [0.05, 0.1) is 12.8 Å². The quantitative estimate of drug-likeness (QED) is 0.713. The van der Waals surface area contributed by atoms with Crippen molar-refractivity contribution in [1.82, 2.24) is 9.71 Å². The first-order chi connectivity index (χ1) is 9.90. The zero-order valence-corrected chi connectivity index (χ0v) is 12.9. The number of carbonyl (C=O) groups is 1. The second-order valence-electron chi connectivity index (χ2n) is 4.42. The zero-order valence-electron chi connectivity index (χ0n) is 12.1. The summed E-state index contributed by atoms with van der Waals surface area (Å²) in [6, 6.07) is 1.63. The van der Waals surface area contributed by atoms with E-state index in [1.54, 1.807) is 6.92 Å². The maximum absolute atomic E-state index is 12.1. The molecule has 1 aromatic rings. The molecule has 1 aromatic heterocycles. The first kappa shape index (κ1) is 17.4. The third kappa shape index (κ3) is 5.31. The smallest absolute Gasteiger partial charge is 0.321 e. The number of sulfonamides is 1. The molecule has 0 aliphatic heterocycles. The standard InChI is InChI=1S/C13H20N2O5S/c1-3-5-6-11(13(16)17)15-21(18,19)10-7-8-12(14-9-10)20-4-2/h7-9,11,15H,3-6H2,1-2H3,(H,16,17)/t11-/m0/s1. The van der Waals surface area contributed by atoms with Gasteiger partial charge in [0.25, 0.3) is 0 Å². The lowest BCUT2D eigenvalue weighted by atomic mass is 10.1. The first-order valence-corrected chi connectivity index (χ1v) is 8.23. The van der Waals surface area contributed by atoms with Gasteiger partial charge in [-0.25, -0.2) is 13.4 Å². The number of carboxylic acids is 1. The molecular formula is C13H20N2O5S. The molecule has 0 spiro atoms. The first-order valence-electron chi connectivity index (χ1n) is 6.74. The number of ether oxygens (including phenoxy) is 1. The Bertz CT molecular complexity index is 556. The minimum atomic E-state index is -3.92. The van der Waals surface area contributed by atoms with Crippen LogP contribution in [0.25, 0.3) is 0 Å². The van der Waals surface area contributed by atoms with E-state index >= 15 is 0 Å². The van der Waals surface area contributed by atoms with E-state index in [9.17, 15) is 13.2 Å². The molecule has 0 saturated carbocycles. The predicted molar refractivity (Wildman–Crippen MR) is 76.7 cm³/mol. The van der Waals surface area contributed by atoms with Crippen LogP contribution in [0.1, 0.15) is 33.1 Å². The molecule has 0 aliphatic rings. The van der Waals surface area contributed by atoms with Crippen LogP contribution in [0.4, 0.5) is 0 Å². The number of aromatic nitrogens is 1. The van der Waals surface area contributed by atoms with Crippen LogP contribution < -0.4 is 9.46 Å². The fraction of sp³-hybridized carbons (Fsp3) is 0.538. The highest BCUT2D eigenvalue weighted by molar-refractivity contribution is 7.89. The summed E-state index contributed by atoms with van der Waals surface area (Å²) in [6.07, 6.45) is 2.80. The lowest BCUT2D eigenvalue weighted by molar-refractivity contribution is -0.139. The molecule has 0 unspecified atom stereocenters. The van der Waals surface area contributed by atoms with Gasteiger partial charge in [-0.2, -0.15) is 4.72 Å². The predicted octanol–water partition coefficient (Wildman–Crippen LogP) is 1.40. The Labute approximate surface area is 124 Å². The van der Waals surface area contributed by atoms with E-state index in [0.717, 1.165) is 12.6 Å². The molecule has 7 nitrogen and oxygen atoms in total. The van der Waals surface area contributed by atoms with Crippen molar-refractivity contribution in [3.63, 3.8) is 0 Å². The molecule has 1 heterocycles. The van der Waals surface area contributed by atoms with Crippen LogP contribution in [0.5, 0.6) is 5.88 Å². The van der Waals surface area contributed by atoms with Crippen LogP contribution in [-0.2, 0) is 14.8 Å². The fourth-order valence-corrected chi connectivity index (χ4v) is 2.82. The summed E-state index contributed by atoms with van der Waals surface area (Å²) in [5.74, 6) is -0.872. The maximum atomic E-state index is 12.1. The molecule has 0 radical (unpaired) electrons. The third-order valence-corrected chi connectivity index (χ3v) is 4.21. The van der Waals surface area contributed by atoms with Crippen molar-refractivity contribution >= 4 is 16.0 Å². The Hall–Kier alpha value is -1.67. The van der Waals surface area contributed by atoms with Gasteiger partial charge in [0.2, 0.25) is 15.9 Å². The topological polar surface area (TPSA) is 106 Å². The van der Waals surface area contributed by atoms with E-state index in [-0.39, 0.29) is 11.3 Å². The second kappa shape index (κ2) is 7.94. The SMILES string of the molecule is CCCC[C@H](NS(=O)(=O)c1ccc(OCC)nc1)C(=O)O. The number of hydrogen-bond acceptors (Lipinski definition) is 5. The fourth-order valence-electron chi connectivity index (χ4n) is 1.66. The number of rotatable bonds is 9. The summed E-state index contributed by atoms with van der Waals surface area (Å²) in [4.78, 5) is 14.9. The lowest BCUT2D eigenvalue weighted by Crippen LogP contribution is -2.40. The molecule has 0 aromatic carbocycles. The van der Waals surface area contributed by atoms with Crippen LogP contribution in [0.15, 0.2) is 23.2 Å². The van der Waals surface area contributed by atoms with E-state index in [0.29, 0.717) is 18.9 Å². The molecule has 118 valence electrons. The number of unbranched alkanes of at least 4 members (excludes halogenated alkanes) is 1. The molecule has 21 heavy (non-hydrogen) atoms. The molecular weight excluding hydrogens is 296 g/mol. The second-order valence-corrected chi connectivity index (χ2v) is 6.13. The van der Waals surface area contributed by atoms with Gasteiger partial charge in [-0.15, -0.1) is 0 Å². The van der Waals surface area contributed by atoms with Gasteiger partial charge in [0.15, 0.2) is 0 Å². The summed E-state index contributed by atoms with van der Waals surface area (Å²) in [7, 11) is -3.92. The number of pyridine rings is 1. The molecule has 1 atom stereocenters. The van der Waals surface area contributed by atoms with Gasteiger partial charge < -0.3 is 9.84 Å². The van der Waals surface area contributed by atoms with Crippen LogP contribution in [0.2, 0.25) is 0 Å². The summed E-state index contributed by atoms with van der Waals surface area (Å²) in [5, 5.41) is 9.06. The average Bonchev–Trinajstić information content (AvgIpc) is 2.44. The Kier molecular flexibility index (Phi) is 6.57. The van der Waals surface area contributed by atoms with Crippen LogP contribution in [0.3, 0.4) is 0 Å². The van der Waals surface area contributed by atoms with E-state index in [1.807, 2.05) is 6.92 Å². The zero-order chi connectivity index (χ0) is 15.9. The minimum absolute atomic E-state index is 0.0892. The Morgan fingerprint density at radius 3 is 2.62 bits per heavy atom. The van der Waals surface area contributed by atoms with Crippen molar-refractivity contribution < 1.29 is 23.1 Å². The van der Waals surface area contributed by atoms with Crippen molar-refractivity contribution in [3.05, 3.63) is 18.3 Å². The normalized spacial score (nSPS) is 12.9. The molecule has 0 amide bonds. The monoisotopic (exact) mass is 316 g/mol.